The fourth-order valence-electron chi connectivity index (χ4n) is 2.28. The molecule has 0 amide bonds. The van der Waals surface area contributed by atoms with Gasteiger partial charge in [-0.1, -0.05) is 18.2 Å². The van der Waals surface area contributed by atoms with Gasteiger partial charge in [-0.15, -0.1) is 0 Å². The summed E-state index contributed by atoms with van der Waals surface area (Å²) in [6.45, 7) is 2.44. The summed E-state index contributed by atoms with van der Waals surface area (Å²) in [4.78, 5) is 10.2. The Kier molecular flexibility index (Phi) is 4.25. The highest BCUT2D eigenvalue weighted by Gasteiger charge is 2.33. The number of nitro groups is 1. The molecule has 1 heterocycles. The van der Waals surface area contributed by atoms with Gasteiger partial charge in [0.25, 0.3) is 5.69 Å². The van der Waals surface area contributed by atoms with Gasteiger partial charge in [-0.2, -0.15) is 0 Å². The predicted molar refractivity (Wildman–Crippen MR) is 85.0 cm³/mol. The molecule has 1 atom stereocenters. The smallest absolute Gasteiger partial charge is 0.292 e. The highest BCUT2D eigenvalue weighted by Crippen LogP contribution is 2.37. The highest BCUT2D eigenvalue weighted by atomic mass is 32.2. The Hall–Kier alpha value is -2.45. The first-order valence-electron chi connectivity index (χ1n) is 7.23. The van der Waals surface area contributed by atoms with Crippen LogP contribution in [0.3, 0.4) is 0 Å². The Morgan fingerprint density at radius 1 is 1.29 bits per heavy atom. The standard InChI is InChI=1S/C16H15NO6S/c1-11-4-2-5-13(8-11)24(20,21)16-14(17(18)19)6-3-7-15(16)23-10-12-9-22-12/h2-8,12H,9-10H2,1H3. The molecular weight excluding hydrogens is 334 g/mol. The molecule has 3 rings (SSSR count). The molecule has 0 saturated carbocycles. The normalized spacial score (nSPS) is 16.6. The molecule has 0 radical (unpaired) electrons. The van der Waals surface area contributed by atoms with E-state index in [0.717, 1.165) is 11.6 Å². The predicted octanol–water partition coefficient (Wildman–Crippen LogP) is 2.51. The van der Waals surface area contributed by atoms with Crippen molar-refractivity contribution in [3.05, 3.63) is 58.1 Å². The van der Waals surface area contributed by atoms with Crippen molar-refractivity contribution in [1.82, 2.24) is 0 Å². The molecule has 7 nitrogen and oxygen atoms in total. The monoisotopic (exact) mass is 349 g/mol. The van der Waals surface area contributed by atoms with E-state index in [1.165, 1.54) is 24.3 Å². The Balaban J connectivity index is 2.14. The van der Waals surface area contributed by atoms with Gasteiger partial charge in [-0.05, 0) is 30.7 Å². The Morgan fingerprint density at radius 2 is 2.00 bits per heavy atom. The van der Waals surface area contributed by atoms with Crippen molar-refractivity contribution in [3.63, 3.8) is 0 Å². The van der Waals surface area contributed by atoms with Crippen LogP contribution in [0, 0.1) is 17.0 Å². The SMILES string of the molecule is Cc1cccc(S(=O)(=O)c2c(OCC3CO3)cccc2[N+](=O)[O-])c1. The summed E-state index contributed by atoms with van der Waals surface area (Å²) in [6.07, 6.45) is -0.0983. The molecule has 1 aliphatic rings. The molecule has 0 N–H and O–H groups in total. The van der Waals surface area contributed by atoms with Crippen LogP contribution in [0.5, 0.6) is 5.75 Å². The summed E-state index contributed by atoms with van der Waals surface area (Å²) in [7, 11) is -4.10. The summed E-state index contributed by atoms with van der Waals surface area (Å²) in [6, 6.07) is 10.2. The number of ether oxygens (including phenoxy) is 2. The average Bonchev–Trinajstić information content (AvgIpc) is 3.36. The van der Waals surface area contributed by atoms with Gasteiger partial charge >= 0.3 is 0 Å². The molecule has 0 spiro atoms. The zero-order chi connectivity index (χ0) is 17.3. The highest BCUT2D eigenvalue weighted by molar-refractivity contribution is 7.91. The van der Waals surface area contributed by atoms with Gasteiger partial charge in [0, 0.05) is 6.07 Å². The van der Waals surface area contributed by atoms with Crippen LogP contribution in [-0.2, 0) is 14.6 Å². The summed E-state index contributed by atoms with van der Waals surface area (Å²) in [5.41, 5.74) is 0.231. The molecule has 2 aromatic rings. The van der Waals surface area contributed by atoms with E-state index in [0.29, 0.717) is 6.61 Å². The number of epoxide rings is 1. The lowest BCUT2D eigenvalue weighted by Crippen LogP contribution is -2.11. The van der Waals surface area contributed by atoms with E-state index in [2.05, 4.69) is 0 Å². The molecule has 126 valence electrons. The molecular formula is C16H15NO6S. The third kappa shape index (κ3) is 3.24. The molecule has 0 bridgehead atoms. The van der Waals surface area contributed by atoms with Gasteiger partial charge in [0.1, 0.15) is 18.5 Å². The third-order valence-corrected chi connectivity index (χ3v) is 5.37. The van der Waals surface area contributed by atoms with E-state index in [1.807, 2.05) is 0 Å². The molecule has 8 heteroatoms. The molecule has 1 unspecified atom stereocenters. The topological polar surface area (TPSA) is 99.0 Å². The van der Waals surface area contributed by atoms with Gasteiger partial charge < -0.3 is 9.47 Å². The Labute approximate surface area is 138 Å². The Bertz CT molecular complexity index is 889. The molecule has 0 aromatic heterocycles. The summed E-state index contributed by atoms with van der Waals surface area (Å²) in [5.74, 6) is -0.0405. The lowest BCUT2D eigenvalue weighted by atomic mass is 10.2. The van der Waals surface area contributed by atoms with E-state index in [-0.39, 0.29) is 23.4 Å². The molecule has 0 aliphatic carbocycles. The van der Waals surface area contributed by atoms with Crippen molar-refractivity contribution in [2.75, 3.05) is 13.2 Å². The van der Waals surface area contributed by atoms with Crippen LogP contribution in [0.1, 0.15) is 5.56 Å². The first-order chi connectivity index (χ1) is 11.4. The van der Waals surface area contributed by atoms with Crippen LogP contribution in [0.15, 0.2) is 52.3 Å². The first-order valence-corrected chi connectivity index (χ1v) is 8.71. The zero-order valence-electron chi connectivity index (χ0n) is 12.8. The number of hydrogen-bond donors (Lipinski definition) is 0. The van der Waals surface area contributed by atoms with E-state index < -0.39 is 25.3 Å². The second-order valence-electron chi connectivity index (χ2n) is 5.45. The number of rotatable bonds is 6. The molecule has 2 aromatic carbocycles. The summed E-state index contributed by atoms with van der Waals surface area (Å²) in [5, 5.41) is 11.3. The number of hydrogen-bond acceptors (Lipinski definition) is 6. The maximum Gasteiger partial charge on any atom is 0.292 e. The van der Waals surface area contributed by atoms with E-state index in [4.69, 9.17) is 9.47 Å². The average molecular weight is 349 g/mol. The number of benzene rings is 2. The number of nitro benzene ring substituents is 1. The second-order valence-corrected chi connectivity index (χ2v) is 7.33. The minimum Gasteiger partial charge on any atom is -0.489 e. The van der Waals surface area contributed by atoms with Crippen LogP contribution < -0.4 is 4.74 Å². The van der Waals surface area contributed by atoms with Crippen molar-refractivity contribution in [3.8, 4) is 5.75 Å². The van der Waals surface area contributed by atoms with Crippen molar-refractivity contribution >= 4 is 15.5 Å². The Morgan fingerprint density at radius 3 is 2.62 bits per heavy atom. The minimum atomic E-state index is -4.10. The summed E-state index contributed by atoms with van der Waals surface area (Å²) >= 11 is 0. The van der Waals surface area contributed by atoms with Crippen molar-refractivity contribution in [2.45, 2.75) is 22.8 Å². The minimum absolute atomic E-state index is 0.00989. The van der Waals surface area contributed by atoms with Crippen molar-refractivity contribution in [1.29, 1.82) is 0 Å². The van der Waals surface area contributed by atoms with Gasteiger partial charge in [0.15, 0.2) is 4.90 Å². The van der Waals surface area contributed by atoms with E-state index in [9.17, 15) is 18.5 Å². The van der Waals surface area contributed by atoms with Gasteiger partial charge in [-0.3, -0.25) is 10.1 Å². The van der Waals surface area contributed by atoms with Crippen LogP contribution in [0.25, 0.3) is 0 Å². The molecule has 1 saturated heterocycles. The second kappa shape index (κ2) is 6.21. The fourth-order valence-corrected chi connectivity index (χ4v) is 3.92. The fraction of sp³-hybridized carbons (Fsp3) is 0.250. The molecule has 1 fully saturated rings. The van der Waals surface area contributed by atoms with Gasteiger partial charge in [0.05, 0.1) is 16.4 Å². The van der Waals surface area contributed by atoms with Crippen LogP contribution in [0.2, 0.25) is 0 Å². The van der Waals surface area contributed by atoms with Crippen molar-refractivity contribution < 1.29 is 22.8 Å². The summed E-state index contributed by atoms with van der Waals surface area (Å²) < 4.78 is 36.5. The zero-order valence-corrected chi connectivity index (χ0v) is 13.7. The van der Waals surface area contributed by atoms with Gasteiger partial charge in [-0.25, -0.2) is 8.42 Å². The van der Waals surface area contributed by atoms with E-state index in [1.54, 1.807) is 19.1 Å². The lowest BCUT2D eigenvalue weighted by Gasteiger charge is -2.12. The quantitative estimate of drug-likeness (QED) is 0.451. The van der Waals surface area contributed by atoms with Crippen LogP contribution in [0.4, 0.5) is 5.69 Å². The maximum absolute atomic E-state index is 13.0. The lowest BCUT2D eigenvalue weighted by molar-refractivity contribution is -0.388. The van der Waals surface area contributed by atoms with Crippen LogP contribution >= 0.6 is 0 Å². The van der Waals surface area contributed by atoms with Gasteiger partial charge in [0.2, 0.25) is 9.84 Å². The van der Waals surface area contributed by atoms with E-state index >= 15 is 0 Å². The number of aryl methyl sites for hydroxylation is 1. The van der Waals surface area contributed by atoms with Crippen LogP contribution in [-0.4, -0.2) is 32.7 Å². The number of nitrogens with zero attached hydrogens (tertiary/aromatic N) is 1. The van der Waals surface area contributed by atoms with Crippen molar-refractivity contribution in [2.24, 2.45) is 0 Å². The maximum atomic E-state index is 13.0. The molecule has 1 aliphatic heterocycles. The molecule has 24 heavy (non-hydrogen) atoms. The first kappa shape index (κ1) is 16.4. The third-order valence-electron chi connectivity index (χ3n) is 3.55. The largest absolute Gasteiger partial charge is 0.489 e. The number of sulfone groups is 1.